The first-order valence-electron chi connectivity index (χ1n) is 32.6. The van der Waals surface area contributed by atoms with Crippen LogP contribution in [0, 0.1) is 38.2 Å². The van der Waals surface area contributed by atoms with Gasteiger partial charge in [-0.25, -0.2) is 53.6 Å². The second-order valence-corrected chi connectivity index (χ2v) is 25.6. The fraction of sp³-hybridized carbons (Fsp3) is 0.292. The number of aromatic nitrogens is 6. The maximum absolute atomic E-state index is 14.7. The number of nitrogens with one attached hydrogen (secondary N) is 3. The van der Waals surface area contributed by atoms with Crippen LogP contribution in [0.3, 0.4) is 0 Å². The van der Waals surface area contributed by atoms with Gasteiger partial charge in [0.1, 0.15) is 93.4 Å². The van der Waals surface area contributed by atoms with E-state index >= 15 is 0 Å². The van der Waals surface area contributed by atoms with Crippen molar-refractivity contribution in [3.05, 3.63) is 212 Å². The van der Waals surface area contributed by atoms with E-state index in [0.717, 1.165) is 19.6 Å². The quantitative estimate of drug-likeness (QED) is 0.0342. The fourth-order valence-electron chi connectivity index (χ4n) is 12.4. The van der Waals surface area contributed by atoms with E-state index in [-0.39, 0.29) is 107 Å². The van der Waals surface area contributed by atoms with Crippen molar-refractivity contribution in [1.29, 1.82) is 0 Å². The molecule has 105 heavy (non-hydrogen) atoms. The van der Waals surface area contributed by atoms with Gasteiger partial charge >= 0.3 is 0 Å². The van der Waals surface area contributed by atoms with Crippen molar-refractivity contribution in [2.75, 3.05) is 70.2 Å². The predicted octanol–water partition coefficient (Wildman–Crippen LogP) is 8.67. The summed E-state index contributed by atoms with van der Waals surface area (Å²) >= 11 is 0. The van der Waals surface area contributed by atoms with Gasteiger partial charge in [0, 0.05) is 66.1 Å². The standard InChI is InChI=1S/C25H27F3N6O2.C24H25F3N6O2.C23H22F3N5O3/c1-3-33-12-19(25(27,28)13-33)34-22(29)20(23(30)35)21(32-34)16-7-5-15(6-8-16)11-31-24(36)18-10-17(26)9-4-14(18)2;1-13-3-8-16(25)9-17(13)23(35)30-10-14-4-6-15(7-5-14)20-19(22(29)34)21(28)33(31-20)18-11-32(2)12-24(18,26)27;1-12-2-7-15(24)8-16(12)22(33)29-9-13-3-5-14(6-4-13)19-18(21(28)32)20(27)31(30-19)17-10-34-11-23(17,25)26/h4-10,19H,3,11-13,29H2,1-2H3,(H2,30,35)(H,31,36);3-9,18H,10-12,28H2,1-2H3,(H2,29,34)(H,30,35);2-8,17H,9-11,27H2,1H3,(H2,28,32)(H,29,33). The molecule has 3 fully saturated rings. The summed E-state index contributed by atoms with van der Waals surface area (Å²) < 4.78 is 135. The van der Waals surface area contributed by atoms with Crippen LogP contribution >= 0.6 is 0 Å². The Balaban J connectivity index is 0.000000169. The number of hydrogen-bond donors (Lipinski definition) is 9. The number of likely N-dealkylation sites (N-methyl/N-ethyl adjacent to an activating group) is 2. The number of aryl methyl sites for hydroxylation is 3. The lowest BCUT2D eigenvalue weighted by Gasteiger charge is -2.19. The molecule has 3 aliphatic rings. The van der Waals surface area contributed by atoms with Crippen molar-refractivity contribution in [3.63, 3.8) is 0 Å². The number of alkyl halides is 6. The zero-order valence-electron chi connectivity index (χ0n) is 57.2. The number of nitrogens with zero attached hydrogens (tertiary/aromatic N) is 8. The third-order valence-corrected chi connectivity index (χ3v) is 18.2. The number of hydrogen-bond acceptors (Lipinski definition) is 15. The Bertz CT molecular complexity index is 4800. The summed E-state index contributed by atoms with van der Waals surface area (Å²) in [4.78, 5) is 76.6. The average Bonchev–Trinajstić information content (AvgIpc) is 1.58. The maximum Gasteiger partial charge on any atom is 0.295 e. The molecule has 552 valence electrons. The minimum atomic E-state index is -3.20. The topological polar surface area (TPSA) is 364 Å². The summed E-state index contributed by atoms with van der Waals surface area (Å²) in [6.45, 7) is 5.94. The molecule has 3 unspecified atom stereocenters. The molecule has 6 aromatic carbocycles. The molecule has 24 nitrogen and oxygen atoms in total. The Kier molecular flexibility index (Phi) is 22.3. The van der Waals surface area contributed by atoms with Crippen molar-refractivity contribution in [2.24, 2.45) is 17.2 Å². The number of rotatable bonds is 19. The van der Waals surface area contributed by atoms with E-state index in [9.17, 15) is 68.3 Å². The molecule has 0 radical (unpaired) electrons. The van der Waals surface area contributed by atoms with E-state index in [1.54, 1.807) is 112 Å². The predicted molar refractivity (Wildman–Crippen MR) is 371 cm³/mol. The highest BCUT2D eigenvalue weighted by Gasteiger charge is 2.52. The number of carbonyl (C=O) groups is 6. The van der Waals surface area contributed by atoms with Crippen LogP contribution < -0.4 is 50.4 Å². The molecule has 15 N–H and O–H groups in total. The number of ether oxygens (including phenoxy) is 1. The number of primary amides is 3. The summed E-state index contributed by atoms with van der Waals surface area (Å²) in [5.74, 6) is -15.5. The fourth-order valence-corrected chi connectivity index (χ4v) is 12.4. The van der Waals surface area contributed by atoms with Crippen molar-refractivity contribution >= 4 is 52.9 Å². The van der Waals surface area contributed by atoms with Gasteiger partial charge in [0.05, 0.1) is 19.7 Å². The molecule has 0 bridgehead atoms. The van der Waals surface area contributed by atoms with Crippen molar-refractivity contribution in [3.8, 4) is 33.8 Å². The first-order chi connectivity index (χ1) is 49.6. The van der Waals surface area contributed by atoms with Crippen LogP contribution in [-0.4, -0.2) is 145 Å². The molecule has 6 heterocycles. The molecule has 0 spiro atoms. The maximum atomic E-state index is 14.7. The van der Waals surface area contributed by atoms with Gasteiger partial charge in [-0.05, 0) is 104 Å². The van der Waals surface area contributed by atoms with Gasteiger partial charge in [-0.2, -0.15) is 15.3 Å². The average molecular weight is 1460 g/mol. The van der Waals surface area contributed by atoms with Crippen LogP contribution in [0.2, 0.25) is 0 Å². The van der Waals surface area contributed by atoms with E-state index < -0.39 is 108 Å². The van der Waals surface area contributed by atoms with Gasteiger partial charge in [-0.3, -0.25) is 38.6 Å². The molecule has 12 rings (SSSR count). The second kappa shape index (κ2) is 30.8. The highest BCUT2D eigenvalue weighted by Crippen LogP contribution is 2.43. The lowest BCUT2D eigenvalue weighted by Crippen LogP contribution is -2.31. The Hall–Kier alpha value is -11.6. The van der Waals surface area contributed by atoms with Crippen molar-refractivity contribution in [1.82, 2.24) is 55.1 Å². The Morgan fingerprint density at radius 1 is 0.467 bits per heavy atom. The van der Waals surface area contributed by atoms with Gasteiger partial charge in [0.15, 0.2) is 0 Å². The van der Waals surface area contributed by atoms with Crippen LogP contribution in [0.25, 0.3) is 33.8 Å². The zero-order valence-corrected chi connectivity index (χ0v) is 57.2. The Morgan fingerprint density at radius 2 is 0.781 bits per heavy atom. The number of amides is 6. The molecule has 3 aromatic heterocycles. The van der Waals surface area contributed by atoms with E-state index in [0.29, 0.717) is 51.1 Å². The van der Waals surface area contributed by atoms with Crippen LogP contribution in [0.4, 0.5) is 57.0 Å². The number of nitrogens with two attached hydrogens (primary N) is 6. The molecule has 33 heteroatoms. The summed E-state index contributed by atoms with van der Waals surface area (Å²) in [5, 5.41) is 20.9. The molecule has 6 amide bonds. The number of halogens is 9. The molecule has 0 aliphatic carbocycles. The van der Waals surface area contributed by atoms with Gasteiger partial charge in [0.25, 0.3) is 53.2 Å². The van der Waals surface area contributed by atoms with Gasteiger partial charge < -0.3 is 55.1 Å². The number of nitrogen functional groups attached to an aromatic ring is 3. The van der Waals surface area contributed by atoms with Crippen LogP contribution in [-0.2, 0) is 24.4 Å². The van der Waals surface area contributed by atoms with Crippen LogP contribution in [0.1, 0.15) is 121 Å². The number of anilines is 3. The van der Waals surface area contributed by atoms with Gasteiger partial charge in [-0.1, -0.05) is 97.9 Å². The Labute approximate surface area is 594 Å². The number of carbonyl (C=O) groups excluding carboxylic acids is 6. The largest absolute Gasteiger partial charge is 0.383 e. The zero-order chi connectivity index (χ0) is 76.3. The van der Waals surface area contributed by atoms with Crippen LogP contribution in [0.15, 0.2) is 127 Å². The Morgan fingerprint density at radius 3 is 1.06 bits per heavy atom. The smallest absolute Gasteiger partial charge is 0.295 e. The number of likely N-dealkylation sites (tertiary alicyclic amines) is 2. The molecular formula is C72H74F9N17O7. The molecule has 3 saturated heterocycles. The second-order valence-electron chi connectivity index (χ2n) is 25.6. The monoisotopic (exact) mass is 1460 g/mol. The van der Waals surface area contributed by atoms with E-state index in [4.69, 9.17) is 39.1 Å². The van der Waals surface area contributed by atoms with E-state index in [1.165, 1.54) is 59.5 Å². The summed E-state index contributed by atoms with van der Waals surface area (Å²) in [6, 6.07) is 27.7. The van der Waals surface area contributed by atoms with Crippen molar-refractivity contribution < 1.29 is 73.0 Å². The first-order valence-corrected chi connectivity index (χ1v) is 32.6. The highest BCUT2D eigenvalue weighted by atomic mass is 19.3. The minimum absolute atomic E-state index is 0.0138. The van der Waals surface area contributed by atoms with Gasteiger partial charge in [0.2, 0.25) is 0 Å². The highest BCUT2D eigenvalue weighted by molar-refractivity contribution is 6.05. The number of benzene rings is 6. The SMILES string of the molecule is CCN1CC(n2nc(-c3ccc(CNC(=O)c4cc(F)ccc4C)cc3)c(C(N)=O)c2N)C(F)(F)C1.Cc1ccc(F)cc1C(=O)NCc1ccc(-c2nn(C3CN(C)CC3(F)F)c(N)c2C(N)=O)cc1.Cc1ccc(F)cc1C(=O)NCc1ccc(-c2nn(C3COCC3(F)F)c(N)c2C(N)=O)cc1. The summed E-state index contributed by atoms with van der Waals surface area (Å²) in [7, 11) is 1.57. The third-order valence-electron chi connectivity index (χ3n) is 18.2. The molecule has 3 atom stereocenters. The normalized spacial score (nSPS) is 17.3. The summed E-state index contributed by atoms with van der Waals surface area (Å²) in [5.41, 5.74) is 40.6. The van der Waals surface area contributed by atoms with Gasteiger partial charge in [-0.15, -0.1) is 0 Å². The molecule has 9 aromatic rings. The van der Waals surface area contributed by atoms with E-state index in [1.807, 2.05) is 0 Å². The molecule has 0 saturated carbocycles. The molecule has 3 aliphatic heterocycles. The lowest BCUT2D eigenvalue weighted by molar-refractivity contribution is -0.0344. The third kappa shape index (κ3) is 16.6. The lowest BCUT2D eigenvalue weighted by atomic mass is 10.0. The van der Waals surface area contributed by atoms with Crippen molar-refractivity contribution in [2.45, 2.75) is 83.2 Å². The minimum Gasteiger partial charge on any atom is -0.383 e. The first kappa shape index (κ1) is 76.1. The van der Waals surface area contributed by atoms with E-state index in [2.05, 4.69) is 31.2 Å². The molecular weight excluding hydrogens is 1390 g/mol. The summed E-state index contributed by atoms with van der Waals surface area (Å²) in [6.07, 6.45) is 0. The van der Waals surface area contributed by atoms with Crippen LogP contribution in [0.5, 0.6) is 0 Å².